The minimum absolute atomic E-state index is 0.0995. The first kappa shape index (κ1) is 13.7. The summed E-state index contributed by atoms with van der Waals surface area (Å²) >= 11 is 3.29. The Hall–Kier alpha value is -1.36. The topological polar surface area (TPSA) is 63.6 Å². The number of aliphatic carboxylic acids is 1. The molecule has 17 heavy (non-hydrogen) atoms. The Morgan fingerprint density at radius 1 is 1.35 bits per heavy atom. The van der Waals surface area contributed by atoms with Crippen molar-refractivity contribution >= 4 is 27.9 Å². The van der Waals surface area contributed by atoms with Crippen molar-refractivity contribution in [1.82, 2.24) is 0 Å². The standard InChI is InChI=1S/C12H13BrO4/c1-12(10(14)15,11(16)17-2)7-8-3-5-9(13)6-4-8/h3-6H,7H2,1-2H3,(H,14,15)/t12-/m1/s1. The summed E-state index contributed by atoms with van der Waals surface area (Å²) in [4.78, 5) is 22.7. The second kappa shape index (κ2) is 5.31. The largest absolute Gasteiger partial charge is 0.480 e. The van der Waals surface area contributed by atoms with Crippen molar-refractivity contribution in [2.45, 2.75) is 13.3 Å². The van der Waals surface area contributed by atoms with E-state index in [2.05, 4.69) is 20.7 Å². The second-order valence-electron chi connectivity index (χ2n) is 3.93. The summed E-state index contributed by atoms with van der Waals surface area (Å²) in [6, 6.07) is 7.15. The summed E-state index contributed by atoms with van der Waals surface area (Å²) in [5, 5.41) is 9.14. The fourth-order valence-corrected chi connectivity index (χ4v) is 1.74. The van der Waals surface area contributed by atoms with Gasteiger partial charge in [0.2, 0.25) is 0 Å². The maximum absolute atomic E-state index is 11.5. The maximum Gasteiger partial charge on any atom is 0.323 e. The molecule has 0 saturated carbocycles. The van der Waals surface area contributed by atoms with Crippen LogP contribution in [0.25, 0.3) is 0 Å². The van der Waals surface area contributed by atoms with Crippen molar-refractivity contribution in [3.8, 4) is 0 Å². The van der Waals surface area contributed by atoms with E-state index in [4.69, 9.17) is 5.11 Å². The first-order chi connectivity index (χ1) is 7.90. The molecular weight excluding hydrogens is 288 g/mol. The third-order valence-corrected chi connectivity index (χ3v) is 3.11. The fraction of sp³-hybridized carbons (Fsp3) is 0.333. The van der Waals surface area contributed by atoms with Gasteiger partial charge in [-0.1, -0.05) is 28.1 Å². The molecule has 4 nitrogen and oxygen atoms in total. The molecule has 1 aromatic rings. The van der Waals surface area contributed by atoms with Gasteiger partial charge in [-0.3, -0.25) is 9.59 Å². The molecule has 0 aliphatic rings. The Kier molecular flexibility index (Phi) is 4.28. The molecule has 0 aliphatic carbocycles. The summed E-state index contributed by atoms with van der Waals surface area (Å²) in [5.74, 6) is -1.93. The van der Waals surface area contributed by atoms with Gasteiger partial charge in [-0.2, -0.15) is 0 Å². The Morgan fingerprint density at radius 3 is 2.29 bits per heavy atom. The molecule has 0 saturated heterocycles. The molecule has 0 aromatic heterocycles. The van der Waals surface area contributed by atoms with E-state index in [0.717, 1.165) is 10.0 Å². The number of ether oxygens (including phenoxy) is 1. The predicted octanol–water partition coefficient (Wildman–Crippen LogP) is 2.26. The van der Waals surface area contributed by atoms with Crippen LogP contribution in [0.5, 0.6) is 0 Å². The van der Waals surface area contributed by atoms with Gasteiger partial charge in [0.1, 0.15) is 0 Å². The van der Waals surface area contributed by atoms with Gasteiger partial charge in [0, 0.05) is 4.47 Å². The number of esters is 1. The van der Waals surface area contributed by atoms with Crippen LogP contribution in [0.4, 0.5) is 0 Å². The number of carbonyl (C=O) groups excluding carboxylic acids is 1. The van der Waals surface area contributed by atoms with Gasteiger partial charge in [0.15, 0.2) is 5.41 Å². The predicted molar refractivity (Wildman–Crippen MR) is 65.6 cm³/mol. The highest BCUT2D eigenvalue weighted by atomic mass is 79.9. The van der Waals surface area contributed by atoms with Gasteiger partial charge >= 0.3 is 11.9 Å². The van der Waals surface area contributed by atoms with Crippen LogP contribution < -0.4 is 0 Å². The van der Waals surface area contributed by atoms with Crippen LogP contribution in [0.3, 0.4) is 0 Å². The third kappa shape index (κ3) is 3.06. The second-order valence-corrected chi connectivity index (χ2v) is 4.85. The number of methoxy groups -OCH3 is 1. The minimum Gasteiger partial charge on any atom is -0.480 e. The van der Waals surface area contributed by atoms with Gasteiger partial charge in [-0.25, -0.2) is 0 Å². The smallest absolute Gasteiger partial charge is 0.323 e. The number of benzene rings is 1. The number of rotatable bonds is 4. The zero-order valence-corrected chi connectivity index (χ0v) is 11.2. The normalized spacial score (nSPS) is 13.8. The highest BCUT2D eigenvalue weighted by molar-refractivity contribution is 9.10. The lowest BCUT2D eigenvalue weighted by Crippen LogP contribution is -2.39. The highest BCUT2D eigenvalue weighted by Crippen LogP contribution is 2.25. The maximum atomic E-state index is 11.5. The Morgan fingerprint density at radius 2 is 1.88 bits per heavy atom. The molecule has 0 unspecified atom stereocenters. The van der Waals surface area contributed by atoms with E-state index in [1.807, 2.05) is 0 Å². The first-order valence-electron chi connectivity index (χ1n) is 4.96. The zero-order valence-electron chi connectivity index (χ0n) is 9.57. The SMILES string of the molecule is COC(=O)[C@](C)(Cc1ccc(Br)cc1)C(=O)O. The van der Waals surface area contributed by atoms with Crippen LogP contribution in [-0.4, -0.2) is 24.2 Å². The van der Waals surface area contributed by atoms with Crippen LogP contribution in [0, 0.1) is 5.41 Å². The van der Waals surface area contributed by atoms with Crippen molar-refractivity contribution in [3.63, 3.8) is 0 Å². The van der Waals surface area contributed by atoms with E-state index in [-0.39, 0.29) is 6.42 Å². The molecule has 0 aliphatic heterocycles. The number of hydrogen-bond donors (Lipinski definition) is 1. The zero-order chi connectivity index (χ0) is 13.1. The Bertz CT molecular complexity index is 427. The molecule has 0 spiro atoms. The molecule has 0 fully saturated rings. The van der Waals surface area contributed by atoms with Crippen LogP contribution in [0.2, 0.25) is 0 Å². The fourth-order valence-electron chi connectivity index (χ4n) is 1.47. The van der Waals surface area contributed by atoms with Gasteiger partial charge in [0.05, 0.1) is 7.11 Å². The van der Waals surface area contributed by atoms with Crippen LogP contribution in [0.15, 0.2) is 28.7 Å². The average Bonchev–Trinajstić information content (AvgIpc) is 2.30. The van der Waals surface area contributed by atoms with Crippen LogP contribution in [-0.2, 0) is 20.7 Å². The number of halogens is 1. The summed E-state index contributed by atoms with van der Waals surface area (Å²) in [6.07, 6.45) is 0.0995. The summed E-state index contributed by atoms with van der Waals surface area (Å²) in [5.41, 5.74) is -0.786. The molecule has 5 heteroatoms. The first-order valence-corrected chi connectivity index (χ1v) is 5.75. The number of carboxylic acid groups (broad SMARTS) is 1. The lowest BCUT2D eigenvalue weighted by atomic mass is 9.84. The number of carboxylic acids is 1. The van der Waals surface area contributed by atoms with Crippen molar-refractivity contribution in [1.29, 1.82) is 0 Å². The van der Waals surface area contributed by atoms with Crippen LogP contribution in [0.1, 0.15) is 12.5 Å². The van der Waals surface area contributed by atoms with E-state index in [1.54, 1.807) is 24.3 Å². The average molecular weight is 301 g/mol. The number of hydrogen-bond acceptors (Lipinski definition) is 3. The van der Waals surface area contributed by atoms with E-state index in [0.29, 0.717) is 0 Å². The van der Waals surface area contributed by atoms with E-state index >= 15 is 0 Å². The highest BCUT2D eigenvalue weighted by Gasteiger charge is 2.42. The molecule has 1 rings (SSSR count). The molecule has 0 amide bonds. The van der Waals surface area contributed by atoms with E-state index in [9.17, 15) is 9.59 Å². The molecule has 1 aromatic carbocycles. The molecule has 1 atom stereocenters. The van der Waals surface area contributed by atoms with Crippen molar-refractivity contribution in [3.05, 3.63) is 34.3 Å². The van der Waals surface area contributed by atoms with Gasteiger partial charge in [-0.15, -0.1) is 0 Å². The lowest BCUT2D eigenvalue weighted by Gasteiger charge is -2.21. The minimum atomic E-state index is -1.55. The summed E-state index contributed by atoms with van der Waals surface area (Å²) < 4.78 is 5.44. The molecular formula is C12H13BrO4. The number of carbonyl (C=O) groups is 2. The molecule has 92 valence electrons. The monoisotopic (exact) mass is 300 g/mol. The summed E-state index contributed by atoms with van der Waals surface area (Å²) in [6.45, 7) is 1.36. The van der Waals surface area contributed by atoms with E-state index in [1.165, 1.54) is 14.0 Å². The molecule has 0 radical (unpaired) electrons. The molecule has 1 N–H and O–H groups in total. The lowest BCUT2D eigenvalue weighted by molar-refractivity contribution is -0.165. The Labute approximate surface area is 108 Å². The quantitative estimate of drug-likeness (QED) is 0.684. The molecule has 0 bridgehead atoms. The van der Waals surface area contributed by atoms with Crippen molar-refractivity contribution in [2.24, 2.45) is 5.41 Å². The van der Waals surface area contributed by atoms with Gasteiger partial charge < -0.3 is 9.84 Å². The van der Waals surface area contributed by atoms with Crippen LogP contribution >= 0.6 is 15.9 Å². The molecule has 0 heterocycles. The van der Waals surface area contributed by atoms with Gasteiger partial charge in [0.25, 0.3) is 0 Å². The van der Waals surface area contributed by atoms with Gasteiger partial charge in [-0.05, 0) is 31.0 Å². The third-order valence-electron chi connectivity index (χ3n) is 2.58. The van der Waals surface area contributed by atoms with Crippen molar-refractivity contribution in [2.75, 3.05) is 7.11 Å². The van der Waals surface area contributed by atoms with E-state index < -0.39 is 17.4 Å². The Balaban J connectivity index is 2.99. The van der Waals surface area contributed by atoms with Crippen molar-refractivity contribution < 1.29 is 19.4 Å². The summed E-state index contributed by atoms with van der Waals surface area (Å²) in [7, 11) is 1.19.